The summed E-state index contributed by atoms with van der Waals surface area (Å²) in [6.45, 7) is -0.198. The minimum absolute atomic E-state index is 0.0492. The molecular weight excluding hydrogens is 419 g/mol. The zero-order valence-corrected chi connectivity index (χ0v) is 15.2. The topological polar surface area (TPSA) is 66.9 Å². The fourth-order valence-electron chi connectivity index (χ4n) is 3.07. The van der Waals surface area contributed by atoms with E-state index in [1.807, 2.05) is 0 Å². The summed E-state index contributed by atoms with van der Waals surface area (Å²) < 4.78 is 20.0. The third kappa shape index (κ3) is 2.67. The number of carbonyl (C=O) groups is 3. The molecule has 0 fully saturated rings. The molecule has 0 unspecified atom stereocenters. The van der Waals surface area contributed by atoms with E-state index in [0.29, 0.717) is 0 Å². The van der Waals surface area contributed by atoms with Crippen molar-refractivity contribution in [2.45, 2.75) is 0 Å². The number of imide groups is 1. The number of ether oxygens (including phenoxy) is 1. The second-order valence-corrected chi connectivity index (χ2v) is 6.20. The van der Waals surface area contributed by atoms with Crippen LogP contribution in [0.2, 0.25) is 0 Å². The van der Waals surface area contributed by atoms with E-state index in [2.05, 4.69) is 26.7 Å². The molecule has 0 atom stereocenters. The molecule has 6 nitrogen and oxygen atoms in total. The summed E-state index contributed by atoms with van der Waals surface area (Å²) in [4.78, 5) is 42.0. The van der Waals surface area contributed by atoms with Crippen molar-refractivity contribution < 1.29 is 23.5 Å². The van der Waals surface area contributed by atoms with Gasteiger partial charge in [0.05, 0.1) is 29.0 Å². The number of rotatable bonds is 2. The largest absolute Gasteiger partial charge is 0.481 e. The zero-order valence-electron chi connectivity index (χ0n) is 13.7. The maximum absolute atomic E-state index is 14.7. The third-order valence-electron chi connectivity index (χ3n) is 4.31. The maximum Gasteiger partial charge on any atom is 0.266 e. The van der Waals surface area contributed by atoms with E-state index in [1.54, 1.807) is 12.1 Å². The molecule has 2 aliphatic rings. The van der Waals surface area contributed by atoms with Gasteiger partial charge in [0.25, 0.3) is 17.7 Å². The van der Waals surface area contributed by atoms with Crippen LogP contribution >= 0.6 is 15.9 Å². The summed E-state index contributed by atoms with van der Waals surface area (Å²) in [5.41, 5.74) is 0.410. The molecule has 0 radical (unpaired) electrons. The molecule has 27 heavy (non-hydrogen) atoms. The van der Waals surface area contributed by atoms with E-state index >= 15 is 0 Å². The highest BCUT2D eigenvalue weighted by Crippen LogP contribution is 2.39. The summed E-state index contributed by atoms with van der Waals surface area (Å²) in [5.74, 6) is 0.435. The minimum atomic E-state index is -0.802. The molecule has 0 saturated carbocycles. The third-order valence-corrected chi connectivity index (χ3v) is 4.59. The first-order valence-electron chi connectivity index (χ1n) is 7.86. The predicted molar refractivity (Wildman–Crippen MR) is 98.5 cm³/mol. The number of halogens is 2. The second kappa shape index (κ2) is 6.52. The molecular formula is C19H10BrFN2O4. The molecule has 0 saturated heterocycles. The molecule has 0 aliphatic carbocycles. The van der Waals surface area contributed by atoms with Gasteiger partial charge in [-0.25, -0.2) is 9.29 Å². The molecule has 0 bridgehead atoms. The number of fused-ring (bicyclic) bond motifs is 2. The van der Waals surface area contributed by atoms with Gasteiger partial charge in [-0.15, -0.1) is 0 Å². The lowest BCUT2D eigenvalue weighted by Crippen LogP contribution is -2.39. The van der Waals surface area contributed by atoms with Crippen LogP contribution < -0.4 is 14.5 Å². The van der Waals surface area contributed by atoms with E-state index in [9.17, 15) is 18.8 Å². The van der Waals surface area contributed by atoms with Gasteiger partial charge in [0.1, 0.15) is 5.75 Å². The molecule has 2 aromatic rings. The first-order valence-corrected chi connectivity index (χ1v) is 8.65. The highest BCUT2D eigenvalue weighted by atomic mass is 79.9. The van der Waals surface area contributed by atoms with Crippen LogP contribution in [0, 0.1) is 16.6 Å². The Balaban J connectivity index is 1.83. The Labute approximate surface area is 161 Å². The summed E-state index contributed by atoms with van der Waals surface area (Å²) in [6, 6.07) is 8.61. The number of hydrogen-bond donors (Lipinski definition) is 0. The van der Waals surface area contributed by atoms with Crippen LogP contribution in [0.25, 0.3) is 0 Å². The number of amides is 3. The van der Waals surface area contributed by atoms with E-state index in [-0.39, 0.29) is 47.3 Å². The van der Waals surface area contributed by atoms with Gasteiger partial charge in [0.2, 0.25) is 0 Å². The second-order valence-electron chi connectivity index (χ2n) is 5.80. The first-order chi connectivity index (χ1) is 13.0. The molecule has 2 aliphatic heterocycles. The summed E-state index contributed by atoms with van der Waals surface area (Å²) >= 11 is 2.96. The summed E-state index contributed by atoms with van der Waals surface area (Å²) in [7, 11) is 0. The fourth-order valence-corrected chi connectivity index (χ4v) is 3.20. The van der Waals surface area contributed by atoms with Crippen molar-refractivity contribution in [2.24, 2.45) is 0 Å². The quantitative estimate of drug-likeness (QED) is 0.544. The molecule has 0 aromatic heterocycles. The van der Waals surface area contributed by atoms with E-state index in [1.165, 1.54) is 23.1 Å². The first kappa shape index (κ1) is 17.2. The molecule has 2 heterocycles. The van der Waals surface area contributed by atoms with Gasteiger partial charge in [-0.2, -0.15) is 0 Å². The molecule has 0 spiro atoms. The van der Waals surface area contributed by atoms with Gasteiger partial charge in [0, 0.05) is 22.0 Å². The Morgan fingerprint density at radius 2 is 1.74 bits per heavy atom. The summed E-state index contributed by atoms with van der Waals surface area (Å²) in [5, 5.41) is 0. The van der Waals surface area contributed by atoms with Crippen LogP contribution in [0.1, 0.15) is 20.7 Å². The van der Waals surface area contributed by atoms with Gasteiger partial charge in [-0.1, -0.05) is 18.1 Å². The maximum atomic E-state index is 14.7. The summed E-state index contributed by atoms with van der Waals surface area (Å²) in [6.07, 6.45) is 0. The van der Waals surface area contributed by atoms with Crippen molar-refractivity contribution in [3.05, 3.63) is 53.3 Å². The van der Waals surface area contributed by atoms with Crippen LogP contribution in [-0.2, 0) is 4.79 Å². The standard InChI is InChI=1S/C19H10BrFN2O4/c20-6-3-7-22-15-9-14(13(21)8-16(15)27-10-17(22)24)23-18(25)11-4-1-2-5-12(11)19(23)26/h1-2,4-5,8-9H,7,10H2. The molecule has 134 valence electrons. The molecule has 4 rings (SSSR count). The van der Waals surface area contributed by atoms with Crippen LogP contribution in [0.3, 0.4) is 0 Å². The van der Waals surface area contributed by atoms with Gasteiger partial charge in [-0.05, 0) is 23.0 Å². The lowest BCUT2D eigenvalue weighted by atomic mass is 10.1. The Hall–Kier alpha value is -3.18. The molecule has 2 aromatic carbocycles. The van der Waals surface area contributed by atoms with Gasteiger partial charge in [0.15, 0.2) is 12.4 Å². The van der Waals surface area contributed by atoms with Gasteiger partial charge in [-0.3, -0.25) is 19.3 Å². The lowest BCUT2D eigenvalue weighted by molar-refractivity contribution is -0.121. The van der Waals surface area contributed by atoms with Crippen molar-refractivity contribution in [1.82, 2.24) is 0 Å². The van der Waals surface area contributed by atoms with Crippen molar-refractivity contribution in [3.63, 3.8) is 0 Å². The zero-order chi connectivity index (χ0) is 19.1. The van der Waals surface area contributed by atoms with Crippen molar-refractivity contribution >= 4 is 45.0 Å². The Morgan fingerprint density at radius 3 is 2.37 bits per heavy atom. The van der Waals surface area contributed by atoms with E-state index in [4.69, 9.17) is 4.74 Å². The molecule has 3 amide bonds. The Kier molecular flexibility index (Phi) is 4.16. The van der Waals surface area contributed by atoms with Crippen LogP contribution in [0.5, 0.6) is 5.75 Å². The molecule has 8 heteroatoms. The van der Waals surface area contributed by atoms with Gasteiger partial charge >= 0.3 is 0 Å². The lowest BCUT2D eigenvalue weighted by Gasteiger charge is -2.29. The van der Waals surface area contributed by atoms with Crippen LogP contribution in [-0.4, -0.2) is 30.9 Å². The number of carbonyl (C=O) groups excluding carboxylic acids is 3. The van der Waals surface area contributed by atoms with E-state index in [0.717, 1.165) is 11.0 Å². The normalized spacial score (nSPS) is 15.1. The predicted octanol–water partition coefficient (Wildman–Crippen LogP) is 2.71. The average Bonchev–Trinajstić information content (AvgIpc) is 2.92. The minimum Gasteiger partial charge on any atom is -0.481 e. The monoisotopic (exact) mass is 428 g/mol. The van der Waals surface area contributed by atoms with Crippen molar-refractivity contribution in [3.8, 4) is 16.5 Å². The highest BCUT2D eigenvalue weighted by molar-refractivity contribution is 9.12. The Bertz CT molecular complexity index is 1040. The highest BCUT2D eigenvalue weighted by Gasteiger charge is 2.39. The average molecular weight is 429 g/mol. The smallest absolute Gasteiger partial charge is 0.266 e. The number of nitrogens with zero attached hydrogens (tertiary/aromatic N) is 2. The SMILES string of the molecule is O=C1COc2cc(F)c(N3C(=O)c4ccccc4C3=O)cc2N1CC#CBr. The van der Waals surface area contributed by atoms with Gasteiger partial charge < -0.3 is 4.74 Å². The van der Waals surface area contributed by atoms with Crippen LogP contribution in [0.15, 0.2) is 36.4 Å². The number of hydrogen-bond acceptors (Lipinski definition) is 4. The van der Waals surface area contributed by atoms with Crippen molar-refractivity contribution in [2.75, 3.05) is 23.0 Å². The number of anilines is 2. The molecule has 0 N–H and O–H groups in total. The fraction of sp³-hybridized carbons (Fsp3) is 0.105. The van der Waals surface area contributed by atoms with E-state index < -0.39 is 17.6 Å². The van der Waals surface area contributed by atoms with Crippen LogP contribution in [0.4, 0.5) is 15.8 Å². The Morgan fingerprint density at radius 1 is 1.07 bits per heavy atom. The number of benzene rings is 2. The van der Waals surface area contributed by atoms with Crippen molar-refractivity contribution in [1.29, 1.82) is 0 Å².